The van der Waals surface area contributed by atoms with E-state index in [9.17, 15) is 14.4 Å². The molecule has 0 radical (unpaired) electrons. The Morgan fingerprint density at radius 3 is 2.59 bits per heavy atom. The van der Waals surface area contributed by atoms with Crippen LogP contribution in [0.4, 0.5) is 5.69 Å². The molecule has 1 saturated carbocycles. The second kappa shape index (κ2) is 15.9. The van der Waals surface area contributed by atoms with Gasteiger partial charge in [-0.1, -0.05) is 30.7 Å². The van der Waals surface area contributed by atoms with Crippen molar-refractivity contribution in [2.24, 2.45) is 29.2 Å². The van der Waals surface area contributed by atoms with Crippen LogP contribution in [0.3, 0.4) is 0 Å². The number of nitrogens with one attached hydrogen (secondary N) is 1. The van der Waals surface area contributed by atoms with E-state index in [0.29, 0.717) is 30.5 Å². The monoisotopic (exact) mass is 807 g/mol. The summed E-state index contributed by atoms with van der Waals surface area (Å²) in [5.41, 5.74) is 3.07. The van der Waals surface area contributed by atoms with E-state index in [1.807, 2.05) is 12.1 Å². The number of fused-ring (bicyclic) bond motifs is 4. The Morgan fingerprint density at radius 1 is 1.09 bits per heavy atom. The smallest absolute Gasteiger partial charge is 0.303 e. The lowest BCUT2D eigenvalue weighted by atomic mass is 9.68. The Labute approximate surface area is 333 Å². The summed E-state index contributed by atoms with van der Waals surface area (Å²) in [6.07, 6.45) is 8.71. The minimum atomic E-state index is -3.93. The largest absolute Gasteiger partial charge is 0.490 e. The van der Waals surface area contributed by atoms with Gasteiger partial charge in [0.05, 0.1) is 30.8 Å². The maximum absolute atomic E-state index is 15.2. The van der Waals surface area contributed by atoms with Gasteiger partial charge in [0.25, 0.3) is 11.8 Å². The summed E-state index contributed by atoms with van der Waals surface area (Å²) < 4.78 is 47.3. The quantitative estimate of drug-likeness (QED) is 0.238. The Morgan fingerprint density at radius 2 is 1.88 bits per heavy atom. The third-order valence-corrected chi connectivity index (χ3v) is 14.7. The number of aromatic nitrogens is 2. The van der Waals surface area contributed by atoms with E-state index in [4.69, 9.17) is 30.5 Å². The number of carbonyl (C=O) groups is 3. The van der Waals surface area contributed by atoms with Crippen LogP contribution in [0.25, 0.3) is 0 Å². The van der Waals surface area contributed by atoms with Crippen LogP contribution in [0, 0.1) is 17.8 Å². The number of carbonyl (C=O) groups excluding carboxylic acids is 3. The van der Waals surface area contributed by atoms with E-state index in [1.165, 1.54) is 36.0 Å². The van der Waals surface area contributed by atoms with Gasteiger partial charge < -0.3 is 23.8 Å². The molecule has 8 atom stereocenters. The predicted molar refractivity (Wildman–Crippen MR) is 213 cm³/mol. The third kappa shape index (κ3) is 7.67. The minimum Gasteiger partial charge on any atom is -0.490 e. The molecule has 15 heteroatoms. The normalized spacial score (nSPS) is 30.7. The molecule has 2 bridgehead atoms. The van der Waals surface area contributed by atoms with Crippen LogP contribution in [0.15, 0.2) is 59.1 Å². The second-order valence-electron chi connectivity index (χ2n) is 15.6. The van der Waals surface area contributed by atoms with Gasteiger partial charge in [0.1, 0.15) is 27.3 Å². The zero-order chi connectivity index (χ0) is 39.9. The van der Waals surface area contributed by atoms with Gasteiger partial charge in [-0.15, -0.1) is 9.46 Å². The molecule has 1 unspecified atom stereocenters. The molecule has 300 valence electrons. The van der Waals surface area contributed by atoms with Crippen LogP contribution >= 0.6 is 11.6 Å². The highest BCUT2D eigenvalue weighted by Gasteiger charge is 2.45. The lowest BCUT2D eigenvalue weighted by Crippen LogP contribution is -2.49. The van der Waals surface area contributed by atoms with Crippen molar-refractivity contribution in [1.29, 1.82) is 0 Å². The number of rotatable bonds is 5. The maximum atomic E-state index is 15.2. The highest BCUT2D eigenvalue weighted by Crippen LogP contribution is 2.47. The topological polar surface area (TPSA) is 151 Å². The van der Waals surface area contributed by atoms with Gasteiger partial charge >= 0.3 is 5.97 Å². The molecule has 7 rings (SSSR count). The lowest BCUT2D eigenvalue weighted by Gasteiger charge is -2.46. The van der Waals surface area contributed by atoms with E-state index in [1.54, 1.807) is 52.3 Å². The van der Waals surface area contributed by atoms with Gasteiger partial charge in [-0.2, -0.15) is 0 Å². The fraction of sp³-hybridized carbons (Fsp3) is 0.512. The molecule has 1 aromatic heterocycles. The van der Waals surface area contributed by atoms with E-state index >= 15 is 4.21 Å². The molecule has 1 N–H and O–H groups in total. The number of esters is 1. The van der Waals surface area contributed by atoms with Gasteiger partial charge in [-0.25, -0.2) is 4.21 Å². The lowest BCUT2D eigenvalue weighted by molar-refractivity contribution is -0.146. The summed E-state index contributed by atoms with van der Waals surface area (Å²) in [6, 6.07) is 11.3. The summed E-state index contributed by atoms with van der Waals surface area (Å²) in [7, 11) is 0.734. The van der Waals surface area contributed by atoms with Gasteiger partial charge in [0.15, 0.2) is 0 Å². The SMILES string of the molecule is COc1nn(C)cc1C(=O)NS1(=O)=NC(=O)c2ccc3c(c2)N(C[C@@H]2CC[C@H]2[C@@H](OC)/C=C/[C@H](OC(C)=O)[C@H](C)[C@H]1C)C[C@@]1(CCCc2cc(Cl)ccc21)CO3. The van der Waals surface area contributed by atoms with Crippen LogP contribution in [0.5, 0.6) is 11.6 Å². The molecule has 3 heterocycles. The minimum absolute atomic E-state index is 0.0140. The van der Waals surface area contributed by atoms with E-state index in [-0.39, 0.29) is 40.4 Å². The standard InChI is InChI=1S/C41H50ClN5O8S/c1-24-25(2)56(51,45-39(50)32-21-46(4)43-40(32)53-6)44-38(49)28-10-14-37-34(19-28)47(20-29-9-12-31(29)36(52-5)16-15-35(24)55-26(3)48)22-41(23-54-37)17-7-8-27-18-30(42)11-13-33(27)41/h10-11,13-16,18-19,21,24-25,29,31,35-36H,7-9,12,17,20,22-23H2,1-6H3,(H,44,45,49,50,51)/b16-15+/t24-,25-,29+,31-,35+,36+,41+,56?/m1/s1. The highest BCUT2D eigenvalue weighted by molar-refractivity contribution is 7.93. The fourth-order valence-corrected chi connectivity index (χ4v) is 10.9. The first-order valence-electron chi connectivity index (χ1n) is 19.1. The predicted octanol–water partition coefficient (Wildman–Crippen LogP) is 6.08. The van der Waals surface area contributed by atoms with E-state index < -0.39 is 45.0 Å². The average Bonchev–Trinajstić information content (AvgIpc) is 3.48. The van der Waals surface area contributed by atoms with Crippen LogP contribution in [0.1, 0.15) is 78.3 Å². The van der Waals surface area contributed by atoms with Crippen molar-refractivity contribution < 1.29 is 37.5 Å². The molecule has 2 aromatic carbocycles. The molecule has 1 fully saturated rings. The van der Waals surface area contributed by atoms with Gasteiger partial charge in [0.2, 0.25) is 5.88 Å². The number of hydrogen-bond acceptors (Lipinski definition) is 10. The molecular formula is C41H50ClN5O8S. The molecule has 13 nitrogen and oxygen atoms in total. The first-order valence-corrected chi connectivity index (χ1v) is 21.1. The third-order valence-electron chi connectivity index (χ3n) is 12.2. The Balaban J connectivity index is 1.36. The molecule has 1 spiro atoms. The molecule has 56 heavy (non-hydrogen) atoms. The van der Waals surface area contributed by atoms with E-state index in [0.717, 1.165) is 37.8 Å². The van der Waals surface area contributed by atoms with Crippen molar-refractivity contribution in [2.45, 2.75) is 75.7 Å². The number of aryl methyl sites for hydroxylation is 2. The summed E-state index contributed by atoms with van der Waals surface area (Å²) in [5.74, 6) is -1.72. The molecule has 4 aliphatic rings. The molecule has 2 aliphatic carbocycles. The van der Waals surface area contributed by atoms with Crippen LogP contribution in [-0.2, 0) is 43.1 Å². The van der Waals surface area contributed by atoms with Crippen molar-refractivity contribution in [3.8, 4) is 11.6 Å². The number of nitrogens with zero attached hydrogens (tertiary/aromatic N) is 4. The molecule has 2 aliphatic heterocycles. The van der Waals surface area contributed by atoms with Gasteiger partial charge in [-0.3, -0.25) is 23.8 Å². The van der Waals surface area contributed by atoms with Crippen molar-refractivity contribution in [3.63, 3.8) is 0 Å². The van der Waals surface area contributed by atoms with Crippen molar-refractivity contribution in [1.82, 2.24) is 14.5 Å². The van der Waals surface area contributed by atoms with E-state index in [2.05, 4.69) is 31.2 Å². The summed E-state index contributed by atoms with van der Waals surface area (Å²) >= 11 is 6.47. The Hall–Kier alpha value is -4.40. The number of anilines is 1. The number of amides is 2. The van der Waals surface area contributed by atoms with Crippen LogP contribution in [0.2, 0.25) is 5.02 Å². The van der Waals surface area contributed by atoms with Crippen LogP contribution < -0.4 is 19.1 Å². The summed E-state index contributed by atoms with van der Waals surface area (Å²) in [5, 5.41) is 3.86. The van der Waals surface area contributed by atoms with Crippen molar-refractivity contribution in [3.05, 3.63) is 82.0 Å². The fourth-order valence-electron chi connectivity index (χ4n) is 8.81. The number of hydrogen-bond donors (Lipinski definition) is 1. The molecule has 2 amide bonds. The zero-order valence-electron chi connectivity index (χ0n) is 32.7. The average molecular weight is 808 g/mol. The zero-order valence-corrected chi connectivity index (χ0v) is 34.2. The number of ether oxygens (including phenoxy) is 4. The molecule has 0 saturated heterocycles. The summed E-state index contributed by atoms with van der Waals surface area (Å²) in [6.45, 7) is 6.44. The number of methoxy groups -OCH3 is 2. The first kappa shape index (κ1) is 39.8. The maximum Gasteiger partial charge on any atom is 0.303 e. The second-order valence-corrected chi connectivity index (χ2v) is 18.3. The summed E-state index contributed by atoms with van der Waals surface area (Å²) in [4.78, 5) is 42.9. The van der Waals surface area contributed by atoms with Crippen molar-refractivity contribution >= 4 is 45.0 Å². The first-order chi connectivity index (χ1) is 26.7. The van der Waals surface area contributed by atoms with Gasteiger partial charge in [-0.05, 0) is 98.4 Å². The van der Waals surface area contributed by atoms with Gasteiger partial charge in [0, 0.05) is 62.3 Å². The number of halogens is 1. The Kier molecular flexibility index (Phi) is 11.3. The number of benzene rings is 2. The molecule has 3 aromatic rings. The van der Waals surface area contributed by atoms with Crippen molar-refractivity contribution in [2.75, 3.05) is 38.8 Å². The molecular weight excluding hydrogens is 758 g/mol. The van der Waals surface area contributed by atoms with Crippen LogP contribution in [-0.4, -0.2) is 83.1 Å². The highest BCUT2D eigenvalue weighted by atomic mass is 35.5. The Bertz CT molecular complexity index is 2180.